The maximum atomic E-state index is 12.7. The highest BCUT2D eigenvalue weighted by molar-refractivity contribution is 7.99. The van der Waals surface area contributed by atoms with Gasteiger partial charge in [-0.15, -0.1) is 11.8 Å². The molecule has 0 N–H and O–H groups in total. The number of hydrazone groups is 1. The number of carbonyl (C=O) groups excluding carboxylic acids is 1. The van der Waals surface area contributed by atoms with Gasteiger partial charge in [-0.25, -0.2) is 5.01 Å². The third-order valence-electron chi connectivity index (χ3n) is 4.98. The Hall–Kier alpha value is -1.44. The van der Waals surface area contributed by atoms with Crippen LogP contribution in [0.5, 0.6) is 0 Å². The van der Waals surface area contributed by atoms with E-state index >= 15 is 0 Å². The van der Waals surface area contributed by atoms with Gasteiger partial charge in [0.25, 0.3) is 5.91 Å². The fourth-order valence-electron chi connectivity index (χ4n) is 3.53. The fraction of sp³-hybridized carbons (Fsp3) is 0.529. The van der Waals surface area contributed by atoms with E-state index in [2.05, 4.69) is 25.9 Å². The monoisotopic (exact) mass is 379 g/mol. The Morgan fingerprint density at radius 1 is 1.28 bits per heavy atom. The molecule has 3 aliphatic heterocycles. The summed E-state index contributed by atoms with van der Waals surface area (Å²) in [5, 5.41) is 6.96. The summed E-state index contributed by atoms with van der Waals surface area (Å²) in [5.74, 6) is 2.82. The lowest BCUT2D eigenvalue weighted by Gasteiger charge is -2.40. The van der Waals surface area contributed by atoms with Gasteiger partial charge in [-0.3, -0.25) is 9.69 Å². The molecule has 3 heterocycles. The van der Waals surface area contributed by atoms with Crippen molar-refractivity contribution in [3.8, 4) is 0 Å². The number of thioether (sulfide) groups is 1. The first kappa shape index (κ1) is 17.0. The predicted octanol–water partition coefficient (Wildman–Crippen LogP) is 1.97. The van der Waals surface area contributed by atoms with E-state index in [1.165, 1.54) is 0 Å². The molecule has 4 rings (SSSR count). The minimum absolute atomic E-state index is 0.0322. The zero-order valence-corrected chi connectivity index (χ0v) is 15.8. The molecule has 1 aromatic rings. The van der Waals surface area contributed by atoms with Crippen LogP contribution < -0.4 is 4.90 Å². The van der Waals surface area contributed by atoms with Crippen LogP contribution in [0.2, 0.25) is 5.02 Å². The molecule has 134 valence electrons. The third-order valence-corrected chi connectivity index (χ3v) is 6.23. The van der Waals surface area contributed by atoms with Crippen LogP contribution in [0.15, 0.2) is 29.4 Å². The molecule has 2 saturated heterocycles. The minimum Gasteiger partial charge on any atom is -0.369 e. The van der Waals surface area contributed by atoms with Gasteiger partial charge in [0.1, 0.15) is 11.9 Å². The number of benzene rings is 1. The first-order valence-electron chi connectivity index (χ1n) is 8.55. The van der Waals surface area contributed by atoms with Crippen molar-refractivity contribution >= 4 is 40.8 Å². The molecular weight excluding hydrogens is 358 g/mol. The zero-order valence-electron chi connectivity index (χ0n) is 14.3. The summed E-state index contributed by atoms with van der Waals surface area (Å²) >= 11 is 7.89. The molecule has 2 fully saturated rings. The van der Waals surface area contributed by atoms with Crippen LogP contribution in [0.4, 0.5) is 5.69 Å². The highest BCUT2D eigenvalue weighted by Crippen LogP contribution is 2.27. The van der Waals surface area contributed by atoms with Crippen LogP contribution >= 0.6 is 23.4 Å². The number of nitrogens with zero attached hydrogens (tertiary/aromatic N) is 5. The number of anilines is 1. The number of rotatable bonds is 3. The molecule has 6 nitrogen and oxygen atoms in total. The van der Waals surface area contributed by atoms with Gasteiger partial charge in [-0.2, -0.15) is 5.10 Å². The molecule has 0 aromatic heterocycles. The summed E-state index contributed by atoms with van der Waals surface area (Å²) in [6, 6.07) is 7.95. The first-order valence-corrected chi connectivity index (χ1v) is 10.1. The Morgan fingerprint density at radius 3 is 2.84 bits per heavy atom. The average molecular weight is 380 g/mol. The summed E-state index contributed by atoms with van der Waals surface area (Å²) in [4.78, 5) is 19.4. The van der Waals surface area contributed by atoms with Crippen LogP contribution in [0, 0.1) is 0 Å². The second-order valence-corrected chi connectivity index (χ2v) is 8.03. The van der Waals surface area contributed by atoms with Gasteiger partial charge in [0.2, 0.25) is 0 Å². The van der Waals surface area contributed by atoms with Gasteiger partial charge in [0.05, 0.1) is 12.5 Å². The maximum absolute atomic E-state index is 12.7. The largest absolute Gasteiger partial charge is 0.369 e. The normalized spacial score (nSPS) is 24.6. The lowest BCUT2D eigenvalue weighted by atomic mass is 10.2. The van der Waals surface area contributed by atoms with Crippen LogP contribution in [0.3, 0.4) is 0 Å². The molecule has 3 aliphatic rings. The van der Waals surface area contributed by atoms with E-state index in [0.717, 1.165) is 54.4 Å². The van der Waals surface area contributed by atoms with Crippen molar-refractivity contribution in [1.82, 2.24) is 14.8 Å². The highest BCUT2D eigenvalue weighted by atomic mass is 35.5. The molecule has 0 spiro atoms. The van der Waals surface area contributed by atoms with Crippen LogP contribution in [0.25, 0.3) is 0 Å². The molecule has 0 radical (unpaired) electrons. The Bertz CT molecular complexity index is 691. The van der Waals surface area contributed by atoms with Gasteiger partial charge >= 0.3 is 0 Å². The van der Waals surface area contributed by atoms with Crippen LogP contribution in [-0.2, 0) is 4.79 Å². The quantitative estimate of drug-likeness (QED) is 0.803. The summed E-state index contributed by atoms with van der Waals surface area (Å²) in [6.07, 6.45) is 0. The first-order chi connectivity index (χ1) is 12.1. The van der Waals surface area contributed by atoms with Crippen LogP contribution in [-0.4, -0.2) is 77.1 Å². The van der Waals surface area contributed by atoms with E-state index in [9.17, 15) is 4.79 Å². The Morgan fingerprint density at radius 2 is 2.08 bits per heavy atom. The van der Waals surface area contributed by atoms with E-state index in [0.29, 0.717) is 6.67 Å². The zero-order chi connectivity index (χ0) is 17.4. The number of hydrogen-bond donors (Lipinski definition) is 0. The summed E-state index contributed by atoms with van der Waals surface area (Å²) < 4.78 is 0. The molecule has 1 amide bonds. The van der Waals surface area contributed by atoms with Gasteiger partial charge in [0, 0.05) is 42.6 Å². The number of hydrogen-bond acceptors (Lipinski definition) is 6. The van der Waals surface area contributed by atoms with Gasteiger partial charge in [-0.1, -0.05) is 17.7 Å². The molecule has 1 unspecified atom stereocenters. The predicted molar refractivity (Wildman–Crippen MR) is 103 cm³/mol. The summed E-state index contributed by atoms with van der Waals surface area (Å²) in [6.45, 7) is 6.25. The standard InChI is InChI=1S/C17H22ClN5OS/c1-13-19-23(17(24)16-10-25-12-22(13)16)11-20-5-7-21(8-6-20)15-4-2-3-14(18)9-15/h2-4,9,16H,5-8,10-12H2,1H3. The van der Waals surface area contributed by atoms with Crippen molar-refractivity contribution in [2.24, 2.45) is 5.10 Å². The van der Waals surface area contributed by atoms with Gasteiger partial charge < -0.3 is 9.80 Å². The lowest BCUT2D eigenvalue weighted by molar-refractivity contribution is -0.138. The Kier molecular flexibility index (Phi) is 4.80. The number of fused-ring (bicyclic) bond motifs is 1. The van der Waals surface area contributed by atoms with Crippen molar-refractivity contribution in [1.29, 1.82) is 0 Å². The van der Waals surface area contributed by atoms with Crippen molar-refractivity contribution in [3.05, 3.63) is 29.3 Å². The van der Waals surface area contributed by atoms with Crippen molar-refractivity contribution in [2.75, 3.05) is 49.4 Å². The number of carbonyl (C=O) groups is 1. The van der Waals surface area contributed by atoms with E-state index in [-0.39, 0.29) is 11.9 Å². The van der Waals surface area contributed by atoms with Crippen LogP contribution in [0.1, 0.15) is 6.92 Å². The fourth-order valence-corrected chi connectivity index (χ4v) is 4.93. The number of amidine groups is 1. The lowest BCUT2D eigenvalue weighted by Crippen LogP contribution is -2.56. The van der Waals surface area contributed by atoms with E-state index < -0.39 is 0 Å². The highest BCUT2D eigenvalue weighted by Gasteiger charge is 2.39. The second-order valence-electron chi connectivity index (χ2n) is 6.60. The SMILES string of the molecule is CC1=NN(CN2CCN(c3cccc(Cl)c3)CC2)C(=O)C2CSCN12. The van der Waals surface area contributed by atoms with Crippen molar-refractivity contribution in [3.63, 3.8) is 0 Å². The van der Waals surface area contributed by atoms with E-state index in [4.69, 9.17) is 11.6 Å². The molecule has 1 aromatic carbocycles. The molecular formula is C17H22ClN5OS. The Labute approximate surface area is 157 Å². The molecule has 8 heteroatoms. The third kappa shape index (κ3) is 3.45. The van der Waals surface area contributed by atoms with Gasteiger partial charge in [-0.05, 0) is 25.1 Å². The average Bonchev–Trinajstić information content (AvgIpc) is 3.11. The Balaban J connectivity index is 1.36. The smallest absolute Gasteiger partial charge is 0.267 e. The minimum atomic E-state index is -0.0322. The second kappa shape index (κ2) is 7.05. The molecule has 25 heavy (non-hydrogen) atoms. The molecule has 0 bridgehead atoms. The van der Waals surface area contributed by atoms with Gasteiger partial charge in [0.15, 0.2) is 0 Å². The number of piperazine rings is 1. The summed E-state index contributed by atoms with van der Waals surface area (Å²) in [5.41, 5.74) is 1.16. The molecule has 0 saturated carbocycles. The molecule has 1 atom stereocenters. The van der Waals surface area contributed by atoms with E-state index in [1.807, 2.05) is 25.1 Å². The topological polar surface area (TPSA) is 42.4 Å². The maximum Gasteiger partial charge on any atom is 0.267 e. The van der Waals surface area contributed by atoms with Crippen molar-refractivity contribution < 1.29 is 4.79 Å². The number of amides is 1. The summed E-state index contributed by atoms with van der Waals surface area (Å²) in [7, 11) is 0. The van der Waals surface area contributed by atoms with E-state index in [1.54, 1.807) is 16.8 Å². The molecule has 0 aliphatic carbocycles. The van der Waals surface area contributed by atoms with Crippen molar-refractivity contribution in [2.45, 2.75) is 13.0 Å². The number of halogens is 1.